The maximum atomic E-state index is 13.7. The molecule has 0 aromatic heterocycles. The number of hydrogen-bond donors (Lipinski definition) is 0. The maximum Gasteiger partial charge on any atom is 0.238 e. The third-order valence-electron chi connectivity index (χ3n) is 6.77. The molecule has 30 heavy (non-hydrogen) atoms. The Kier molecular flexibility index (Phi) is 4.74. The fourth-order valence-electron chi connectivity index (χ4n) is 5.45. The number of carbonyl (C=O) groups excluding carboxylic acids is 2. The zero-order valence-electron chi connectivity index (χ0n) is 17.1. The number of hydrogen-bond acceptors (Lipinski definition) is 2. The first-order valence-electron chi connectivity index (χ1n) is 10.7. The Bertz CT molecular complexity index is 1010. The van der Waals surface area contributed by atoms with Crippen LogP contribution in [-0.4, -0.2) is 11.8 Å². The van der Waals surface area contributed by atoms with Gasteiger partial charge in [0.1, 0.15) is 0 Å². The number of aryl methyl sites for hydroxylation is 1. The molecule has 1 saturated carbocycles. The van der Waals surface area contributed by atoms with Crippen LogP contribution in [0.1, 0.15) is 41.4 Å². The minimum Gasteiger partial charge on any atom is -0.274 e. The third-order valence-corrected chi connectivity index (χ3v) is 6.77. The Balaban J connectivity index is 1.61. The molecule has 0 spiro atoms. The molecule has 3 heteroatoms. The monoisotopic (exact) mass is 395 g/mol. The minimum absolute atomic E-state index is 0.0508. The number of nitrogens with zero attached hydrogens (tertiary/aromatic N) is 1. The molecule has 3 aromatic rings. The summed E-state index contributed by atoms with van der Waals surface area (Å²) in [5, 5.41) is 0. The van der Waals surface area contributed by atoms with Gasteiger partial charge in [0.25, 0.3) is 0 Å². The molecule has 2 fully saturated rings. The largest absolute Gasteiger partial charge is 0.274 e. The number of imide groups is 1. The Morgan fingerprint density at radius 1 is 0.667 bits per heavy atom. The minimum atomic E-state index is -0.320. The number of benzene rings is 3. The zero-order valence-corrected chi connectivity index (χ0v) is 17.1. The van der Waals surface area contributed by atoms with Crippen molar-refractivity contribution in [1.29, 1.82) is 0 Å². The average Bonchev–Trinajstić information content (AvgIpc) is 3.05. The van der Waals surface area contributed by atoms with E-state index in [0.717, 1.165) is 29.5 Å². The highest BCUT2D eigenvalue weighted by Crippen LogP contribution is 2.53. The summed E-state index contributed by atoms with van der Waals surface area (Å²) >= 11 is 0. The summed E-state index contributed by atoms with van der Waals surface area (Å²) in [4.78, 5) is 28.9. The van der Waals surface area contributed by atoms with Gasteiger partial charge in [-0.1, -0.05) is 72.8 Å². The fraction of sp³-hybridized carbons (Fsp3) is 0.259. The van der Waals surface area contributed by atoms with Gasteiger partial charge >= 0.3 is 0 Å². The topological polar surface area (TPSA) is 37.4 Å². The second kappa shape index (κ2) is 7.56. The van der Waals surface area contributed by atoms with Crippen molar-refractivity contribution in [2.75, 3.05) is 4.90 Å². The lowest BCUT2D eigenvalue weighted by Gasteiger charge is -2.37. The van der Waals surface area contributed by atoms with E-state index < -0.39 is 0 Å². The van der Waals surface area contributed by atoms with E-state index in [1.165, 1.54) is 4.90 Å². The predicted molar refractivity (Wildman–Crippen MR) is 118 cm³/mol. The van der Waals surface area contributed by atoms with E-state index in [9.17, 15) is 9.59 Å². The highest BCUT2D eigenvalue weighted by atomic mass is 16.2. The van der Waals surface area contributed by atoms with Gasteiger partial charge in [-0.3, -0.25) is 14.5 Å². The molecular weight excluding hydrogens is 370 g/mol. The van der Waals surface area contributed by atoms with Crippen molar-refractivity contribution in [3.8, 4) is 0 Å². The molecule has 0 bridgehead atoms. The smallest absolute Gasteiger partial charge is 0.238 e. The molecule has 5 rings (SSSR count). The van der Waals surface area contributed by atoms with Gasteiger partial charge in [-0.15, -0.1) is 0 Å². The van der Waals surface area contributed by atoms with E-state index in [0.29, 0.717) is 5.69 Å². The molecule has 3 aromatic carbocycles. The predicted octanol–water partition coefficient (Wildman–Crippen LogP) is 5.46. The molecule has 150 valence electrons. The van der Waals surface area contributed by atoms with Gasteiger partial charge in [0.15, 0.2) is 0 Å². The number of amides is 2. The van der Waals surface area contributed by atoms with E-state index in [1.54, 1.807) is 0 Å². The van der Waals surface area contributed by atoms with Crippen LogP contribution < -0.4 is 4.90 Å². The van der Waals surface area contributed by atoms with E-state index in [2.05, 4.69) is 24.3 Å². The fourth-order valence-corrected chi connectivity index (χ4v) is 5.45. The van der Waals surface area contributed by atoms with Gasteiger partial charge in [-0.25, -0.2) is 0 Å². The van der Waals surface area contributed by atoms with Crippen LogP contribution in [-0.2, 0) is 9.59 Å². The second-order valence-electron chi connectivity index (χ2n) is 8.51. The lowest BCUT2D eigenvalue weighted by atomic mass is 9.64. The van der Waals surface area contributed by atoms with Gasteiger partial charge in [0, 0.05) is 0 Å². The Morgan fingerprint density at radius 3 is 1.63 bits per heavy atom. The van der Waals surface area contributed by atoms with Crippen molar-refractivity contribution >= 4 is 17.5 Å². The Hall–Kier alpha value is -3.20. The molecule has 3 nitrogen and oxygen atoms in total. The lowest BCUT2D eigenvalue weighted by molar-refractivity contribution is -0.122. The van der Waals surface area contributed by atoms with Crippen molar-refractivity contribution in [3.63, 3.8) is 0 Å². The van der Waals surface area contributed by atoms with Crippen molar-refractivity contribution < 1.29 is 9.59 Å². The molecular formula is C27H25NO2. The van der Waals surface area contributed by atoms with E-state index in [4.69, 9.17) is 0 Å². The molecule has 1 saturated heterocycles. The van der Waals surface area contributed by atoms with Crippen molar-refractivity contribution in [2.45, 2.75) is 31.6 Å². The summed E-state index contributed by atoms with van der Waals surface area (Å²) < 4.78 is 0. The summed E-state index contributed by atoms with van der Waals surface area (Å²) in [6, 6.07) is 28.2. The number of carbonyl (C=O) groups is 2. The van der Waals surface area contributed by atoms with E-state index in [-0.39, 0.29) is 35.5 Å². The van der Waals surface area contributed by atoms with E-state index >= 15 is 0 Å². The Morgan fingerprint density at radius 2 is 1.17 bits per heavy atom. The van der Waals surface area contributed by atoms with Crippen molar-refractivity contribution in [2.24, 2.45) is 11.8 Å². The van der Waals surface area contributed by atoms with Crippen LogP contribution >= 0.6 is 0 Å². The van der Waals surface area contributed by atoms with Crippen LogP contribution in [0.2, 0.25) is 0 Å². The van der Waals surface area contributed by atoms with Crippen LogP contribution in [0, 0.1) is 18.8 Å². The zero-order chi connectivity index (χ0) is 20.7. The number of anilines is 1. The quantitative estimate of drug-likeness (QED) is 0.552. The van der Waals surface area contributed by atoms with Gasteiger partial charge in [-0.05, 0) is 60.4 Å². The summed E-state index contributed by atoms with van der Waals surface area (Å²) in [6.45, 7) is 1.99. The lowest BCUT2D eigenvalue weighted by Crippen LogP contribution is -2.34. The molecule has 0 unspecified atom stereocenters. The average molecular weight is 396 g/mol. The highest BCUT2D eigenvalue weighted by Gasteiger charge is 2.56. The molecule has 1 heterocycles. The van der Waals surface area contributed by atoms with Gasteiger partial charge in [-0.2, -0.15) is 0 Å². The SMILES string of the molecule is Cc1cccc(N2C(=O)[C@H]3[C@H](C2=O)[C@@H](c2ccccc2)CC[C@@H]3c2ccccc2)c1. The highest BCUT2D eigenvalue weighted by molar-refractivity contribution is 6.22. The summed E-state index contributed by atoms with van der Waals surface area (Å²) in [6.07, 6.45) is 1.82. The van der Waals surface area contributed by atoms with Crippen LogP contribution in [0.3, 0.4) is 0 Å². The Labute approximate surface area is 177 Å². The number of fused-ring (bicyclic) bond motifs is 1. The van der Waals surface area contributed by atoms with Crippen LogP contribution in [0.4, 0.5) is 5.69 Å². The first kappa shape index (κ1) is 18.8. The van der Waals surface area contributed by atoms with Crippen LogP contribution in [0.5, 0.6) is 0 Å². The summed E-state index contributed by atoms with van der Waals surface area (Å²) in [5.41, 5.74) is 4.05. The summed E-state index contributed by atoms with van der Waals surface area (Å²) in [5.74, 6) is -0.598. The van der Waals surface area contributed by atoms with Gasteiger partial charge in [0.05, 0.1) is 17.5 Å². The molecule has 1 aliphatic heterocycles. The molecule has 2 aliphatic rings. The normalized spacial score (nSPS) is 26.0. The van der Waals surface area contributed by atoms with E-state index in [1.807, 2.05) is 67.6 Å². The van der Waals surface area contributed by atoms with Gasteiger partial charge < -0.3 is 0 Å². The van der Waals surface area contributed by atoms with Gasteiger partial charge in [0.2, 0.25) is 11.8 Å². The molecule has 4 atom stereocenters. The second-order valence-corrected chi connectivity index (χ2v) is 8.51. The molecule has 0 radical (unpaired) electrons. The standard InChI is InChI=1S/C27H25NO2/c1-18-9-8-14-21(17-18)28-26(29)24-22(19-10-4-2-5-11-19)15-16-23(25(24)27(28)30)20-12-6-3-7-13-20/h2-14,17,22-25H,15-16H2,1H3/t22-,23-,24-,25-/m1/s1. The summed E-state index contributed by atoms with van der Waals surface area (Å²) in [7, 11) is 0. The van der Waals surface area contributed by atoms with Crippen molar-refractivity contribution in [1.82, 2.24) is 0 Å². The molecule has 1 aliphatic carbocycles. The molecule has 0 N–H and O–H groups in total. The maximum absolute atomic E-state index is 13.7. The van der Waals surface area contributed by atoms with Crippen molar-refractivity contribution in [3.05, 3.63) is 102 Å². The molecule has 2 amide bonds. The third kappa shape index (κ3) is 3.06. The first-order chi connectivity index (χ1) is 14.6. The number of rotatable bonds is 3. The first-order valence-corrected chi connectivity index (χ1v) is 10.7. The van der Waals surface area contributed by atoms with Crippen LogP contribution in [0.25, 0.3) is 0 Å². The van der Waals surface area contributed by atoms with Crippen LogP contribution in [0.15, 0.2) is 84.9 Å².